The average Bonchev–Trinajstić information content (AvgIpc) is 2.68. The van der Waals surface area contributed by atoms with Crippen LogP contribution < -0.4 is 9.47 Å². The molecule has 0 radical (unpaired) electrons. The van der Waals surface area contributed by atoms with Crippen molar-refractivity contribution in [2.24, 2.45) is 0 Å². The van der Waals surface area contributed by atoms with Gasteiger partial charge in [-0.25, -0.2) is 4.79 Å². The van der Waals surface area contributed by atoms with Gasteiger partial charge in [0.1, 0.15) is 0 Å². The van der Waals surface area contributed by atoms with Crippen LogP contribution in [-0.4, -0.2) is 68.3 Å². The van der Waals surface area contributed by atoms with Crippen LogP contribution in [0.5, 0.6) is 11.5 Å². The van der Waals surface area contributed by atoms with Gasteiger partial charge < -0.3 is 24.0 Å². The molecule has 2 amide bonds. The number of methoxy groups -OCH3 is 1. The van der Waals surface area contributed by atoms with Gasteiger partial charge in [0, 0.05) is 32.3 Å². The first-order valence-corrected chi connectivity index (χ1v) is 9.26. The fourth-order valence-electron chi connectivity index (χ4n) is 2.72. The van der Waals surface area contributed by atoms with E-state index in [1.807, 2.05) is 6.92 Å². The Balaban J connectivity index is 1.99. The van der Waals surface area contributed by atoms with Crippen LogP contribution in [0.3, 0.4) is 0 Å². The van der Waals surface area contributed by atoms with Gasteiger partial charge in [0.05, 0.1) is 25.3 Å². The van der Waals surface area contributed by atoms with E-state index in [1.165, 1.54) is 13.2 Å². The quantitative estimate of drug-likeness (QED) is 0.691. The Morgan fingerprint density at radius 2 is 1.78 bits per heavy atom. The van der Waals surface area contributed by atoms with Gasteiger partial charge in [-0.05, 0) is 37.6 Å². The van der Waals surface area contributed by atoms with E-state index in [1.54, 1.807) is 34.9 Å². The number of halogens is 1. The van der Waals surface area contributed by atoms with Gasteiger partial charge in [-0.3, -0.25) is 4.79 Å². The number of benzene rings is 1. The molecule has 0 atom stereocenters. The fraction of sp³-hybridized carbons (Fsp3) is 0.474. The van der Waals surface area contributed by atoms with Crippen molar-refractivity contribution in [1.82, 2.24) is 9.80 Å². The van der Waals surface area contributed by atoms with Crippen molar-refractivity contribution in [3.05, 3.63) is 28.8 Å². The van der Waals surface area contributed by atoms with Crippen molar-refractivity contribution in [3.63, 3.8) is 0 Å². The third-order valence-electron chi connectivity index (χ3n) is 4.08. The summed E-state index contributed by atoms with van der Waals surface area (Å²) in [7, 11) is 1.54. The lowest BCUT2D eigenvalue weighted by Gasteiger charge is -2.33. The molecule has 0 bridgehead atoms. The van der Waals surface area contributed by atoms with E-state index in [4.69, 9.17) is 25.8 Å². The molecule has 8 heteroatoms. The second-order valence-electron chi connectivity index (χ2n) is 5.81. The third kappa shape index (κ3) is 5.53. The van der Waals surface area contributed by atoms with Crippen LogP contribution in [0.15, 0.2) is 18.2 Å². The molecule has 1 aromatic rings. The number of carbonyl (C=O) groups excluding carboxylic acids is 2. The van der Waals surface area contributed by atoms with E-state index in [9.17, 15) is 9.59 Å². The molecule has 148 valence electrons. The van der Waals surface area contributed by atoms with Gasteiger partial charge in [0.25, 0.3) is 0 Å². The van der Waals surface area contributed by atoms with Crippen molar-refractivity contribution in [2.45, 2.75) is 13.8 Å². The molecule has 0 aliphatic carbocycles. The zero-order valence-corrected chi connectivity index (χ0v) is 16.6. The summed E-state index contributed by atoms with van der Waals surface area (Å²) in [5.74, 6) is 0.877. The van der Waals surface area contributed by atoms with Crippen molar-refractivity contribution < 1.29 is 23.8 Å². The molecule has 0 aromatic heterocycles. The van der Waals surface area contributed by atoms with Gasteiger partial charge in [-0.15, -0.1) is 0 Å². The first-order valence-electron chi connectivity index (χ1n) is 8.89. The normalized spacial score (nSPS) is 14.4. The highest BCUT2D eigenvalue weighted by molar-refractivity contribution is 6.32. The van der Waals surface area contributed by atoms with Crippen molar-refractivity contribution in [3.8, 4) is 11.5 Å². The Morgan fingerprint density at radius 3 is 2.37 bits per heavy atom. The van der Waals surface area contributed by atoms with E-state index in [0.29, 0.717) is 55.9 Å². The van der Waals surface area contributed by atoms with Crippen LogP contribution in [-0.2, 0) is 9.53 Å². The van der Waals surface area contributed by atoms with Crippen LogP contribution in [0.2, 0.25) is 5.02 Å². The molecule has 0 N–H and O–H groups in total. The fourth-order valence-corrected chi connectivity index (χ4v) is 2.99. The molecule has 7 nitrogen and oxygen atoms in total. The standard InChI is InChI=1S/C19H25ClN2O5/c1-4-26-18-15(20)12-14(13-16(18)25-3)6-7-17(23)21-8-10-22(11-9-21)19(24)27-5-2/h6-7,12-13H,4-5,8-11H2,1-3H3. The zero-order valence-electron chi connectivity index (χ0n) is 15.9. The Kier molecular flexibility index (Phi) is 7.79. The highest BCUT2D eigenvalue weighted by atomic mass is 35.5. The Morgan fingerprint density at radius 1 is 1.11 bits per heavy atom. The number of carbonyl (C=O) groups is 2. The highest BCUT2D eigenvalue weighted by Gasteiger charge is 2.23. The number of hydrogen-bond donors (Lipinski definition) is 0. The highest BCUT2D eigenvalue weighted by Crippen LogP contribution is 2.36. The van der Waals surface area contributed by atoms with Gasteiger partial charge in [0.2, 0.25) is 5.91 Å². The van der Waals surface area contributed by atoms with Crippen LogP contribution in [0.4, 0.5) is 4.79 Å². The summed E-state index contributed by atoms with van der Waals surface area (Å²) in [6, 6.07) is 3.48. The third-order valence-corrected chi connectivity index (χ3v) is 4.36. The van der Waals surface area contributed by atoms with Crippen molar-refractivity contribution in [1.29, 1.82) is 0 Å². The van der Waals surface area contributed by atoms with Crippen LogP contribution in [0.1, 0.15) is 19.4 Å². The molecule has 2 rings (SSSR count). The average molecular weight is 397 g/mol. The summed E-state index contributed by atoms with van der Waals surface area (Å²) < 4.78 is 15.8. The van der Waals surface area contributed by atoms with Gasteiger partial charge in [-0.2, -0.15) is 0 Å². The second kappa shape index (κ2) is 10.1. The van der Waals surface area contributed by atoms with Gasteiger partial charge in [0.15, 0.2) is 11.5 Å². The van der Waals surface area contributed by atoms with E-state index in [0.717, 1.165) is 5.56 Å². The maximum absolute atomic E-state index is 12.4. The van der Waals surface area contributed by atoms with Crippen molar-refractivity contribution in [2.75, 3.05) is 46.5 Å². The number of rotatable bonds is 6. The minimum absolute atomic E-state index is 0.123. The first kappa shape index (κ1) is 20.9. The number of nitrogens with zero attached hydrogens (tertiary/aromatic N) is 2. The van der Waals surface area contributed by atoms with Crippen LogP contribution in [0, 0.1) is 0 Å². The predicted octanol–water partition coefficient (Wildman–Crippen LogP) is 3.06. The predicted molar refractivity (Wildman–Crippen MR) is 103 cm³/mol. The van der Waals surface area contributed by atoms with Gasteiger partial charge >= 0.3 is 6.09 Å². The molecule has 1 aliphatic heterocycles. The minimum Gasteiger partial charge on any atom is -0.493 e. The van der Waals surface area contributed by atoms with E-state index < -0.39 is 0 Å². The summed E-state index contributed by atoms with van der Waals surface area (Å²) in [5, 5.41) is 0.423. The molecule has 0 saturated carbocycles. The maximum Gasteiger partial charge on any atom is 0.409 e. The minimum atomic E-state index is -0.337. The summed E-state index contributed by atoms with van der Waals surface area (Å²) >= 11 is 6.24. The second-order valence-corrected chi connectivity index (χ2v) is 6.22. The smallest absolute Gasteiger partial charge is 0.409 e. The molecule has 27 heavy (non-hydrogen) atoms. The van der Waals surface area contributed by atoms with Gasteiger partial charge in [-0.1, -0.05) is 11.6 Å². The van der Waals surface area contributed by atoms with E-state index in [2.05, 4.69) is 0 Å². The molecule has 1 aromatic carbocycles. The molecule has 0 spiro atoms. The van der Waals surface area contributed by atoms with Crippen molar-refractivity contribution >= 4 is 29.7 Å². The Hall–Kier alpha value is -2.41. The number of hydrogen-bond acceptors (Lipinski definition) is 5. The zero-order chi connectivity index (χ0) is 19.8. The van der Waals surface area contributed by atoms with Crippen LogP contribution in [0.25, 0.3) is 6.08 Å². The van der Waals surface area contributed by atoms with E-state index in [-0.39, 0.29) is 12.0 Å². The molecule has 0 unspecified atom stereocenters. The number of amides is 2. The number of piperazine rings is 1. The topological polar surface area (TPSA) is 68.3 Å². The Labute approximate surface area is 164 Å². The molecule has 1 heterocycles. The maximum atomic E-state index is 12.4. The SMILES string of the molecule is CCOC(=O)N1CCN(C(=O)C=Cc2cc(Cl)c(OCC)c(OC)c2)CC1. The molecular weight excluding hydrogens is 372 g/mol. The lowest BCUT2D eigenvalue weighted by molar-refractivity contribution is -0.127. The molecule has 1 aliphatic rings. The molecular formula is C19H25ClN2O5. The monoisotopic (exact) mass is 396 g/mol. The first-order chi connectivity index (χ1) is 13.0. The number of ether oxygens (including phenoxy) is 3. The van der Waals surface area contributed by atoms with Crippen LogP contribution >= 0.6 is 11.6 Å². The summed E-state index contributed by atoms with van der Waals surface area (Å²) in [5.41, 5.74) is 0.735. The summed E-state index contributed by atoms with van der Waals surface area (Å²) in [6.45, 7) is 6.30. The largest absolute Gasteiger partial charge is 0.493 e. The summed E-state index contributed by atoms with van der Waals surface area (Å²) in [6.07, 6.45) is 2.84. The molecule has 1 fully saturated rings. The van der Waals surface area contributed by atoms with E-state index >= 15 is 0 Å². The lowest BCUT2D eigenvalue weighted by atomic mass is 10.1. The summed E-state index contributed by atoms with van der Waals surface area (Å²) in [4.78, 5) is 27.4. The molecule has 1 saturated heterocycles. The lowest BCUT2D eigenvalue weighted by Crippen LogP contribution is -2.50. The Bertz CT molecular complexity index is 700.